The van der Waals surface area contributed by atoms with Crippen LogP contribution in [-0.2, 0) is 13.0 Å². The Labute approximate surface area is 138 Å². The fourth-order valence-electron chi connectivity index (χ4n) is 3.55. The van der Waals surface area contributed by atoms with Crippen molar-refractivity contribution in [3.05, 3.63) is 47.1 Å². The zero-order valence-corrected chi connectivity index (χ0v) is 14.5. The smallest absolute Gasteiger partial charge is 0.240 e. The van der Waals surface area contributed by atoms with E-state index in [-0.39, 0.29) is 0 Å². The van der Waals surface area contributed by atoms with E-state index >= 15 is 0 Å². The molecule has 1 aromatic heterocycles. The number of likely N-dealkylation sites (tertiary alicyclic amines) is 1. The zero-order valence-electron chi connectivity index (χ0n) is 14.5. The molecule has 23 heavy (non-hydrogen) atoms. The van der Waals surface area contributed by atoms with Gasteiger partial charge >= 0.3 is 0 Å². The van der Waals surface area contributed by atoms with Gasteiger partial charge in [0.1, 0.15) is 0 Å². The first-order chi connectivity index (χ1) is 11.2. The van der Waals surface area contributed by atoms with Crippen molar-refractivity contribution in [1.82, 2.24) is 15.0 Å². The van der Waals surface area contributed by atoms with Crippen LogP contribution in [0.15, 0.2) is 28.8 Å². The molecule has 2 heterocycles. The molecule has 1 aliphatic heterocycles. The van der Waals surface area contributed by atoms with Gasteiger partial charge in [-0.05, 0) is 43.7 Å². The maximum absolute atomic E-state index is 5.43. The number of benzene rings is 1. The predicted molar refractivity (Wildman–Crippen MR) is 91.3 cm³/mol. The van der Waals surface area contributed by atoms with Crippen LogP contribution in [0.25, 0.3) is 0 Å². The van der Waals surface area contributed by atoms with Crippen LogP contribution in [0.2, 0.25) is 0 Å². The highest BCUT2D eigenvalue weighted by Crippen LogP contribution is 2.33. The van der Waals surface area contributed by atoms with Gasteiger partial charge in [-0.15, -0.1) is 0 Å². The number of hydrogen-bond donors (Lipinski definition) is 0. The van der Waals surface area contributed by atoms with Crippen molar-refractivity contribution in [3.63, 3.8) is 0 Å². The summed E-state index contributed by atoms with van der Waals surface area (Å²) >= 11 is 0. The summed E-state index contributed by atoms with van der Waals surface area (Å²) in [5, 5.41) is 4.10. The first-order valence-electron chi connectivity index (χ1n) is 8.78. The van der Waals surface area contributed by atoms with E-state index in [0.717, 1.165) is 44.1 Å². The third-order valence-corrected chi connectivity index (χ3v) is 4.93. The van der Waals surface area contributed by atoms with Gasteiger partial charge in [0.05, 0.1) is 6.54 Å². The third kappa shape index (κ3) is 3.81. The van der Waals surface area contributed by atoms with Crippen molar-refractivity contribution in [2.45, 2.75) is 65.0 Å². The maximum atomic E-state index is 5.43. The van der Waals surface area contributed by atoms with E-state index in [2.05, 4.69) is 60.1 Å². The first-order valence-corrected chi connectivity index (χ1v) is 8.78. The van der Waals surface area contributed by atoms with Crippen LogP contribution in [-0.4, -0.2) is 27.6 Å². The van der Waals surface area contributed by atoms with E-state index in [4.69, 9.17) is 4.52 Å². The van der Waals surface area contributed by atoms with E-state index in [0.29, 0.717) is 12.0 Å². The van der Waals surface area contributed by atoms with Crippen molar-refractivity contribution in [2.24, 2.45) is 0 Å². The Morgan fingerprint density at radius 2 is 2.13 bits per heavy atom. The molecule has 0 aliphatic carbocycles. The molecule has 1 aromatic carbocycles. The number of aromatic nitrogens is 2. The highest BCUT2D eigenvalue weighted by molar-refractivity contribution is 5.30. The number of rotatable bonds is 6. The molecule has 1 saturated heterocycles. The number of hydrogen-bond acceptors (Lipinski definition) is 4. The number of unbranched alkanes of at least 4 members (excludes halogenated alkanes) is 1. The summed E-state index contributed by atoms with van der Waals surface area (Å²) in [4.78, 5) is 7.01. The molecule has 1 aliphatic rings. The molecule has 2 aromatic rings. The zero-order chi connectivity index (χ0) is 16.2. The Balaban J connectivity index is 1.63. The van der Waals surface area contributed by atoms with Crippen LogP contribution in [0.1, 0.15) is 61.9 Å². The molecule has 0 radical (unpaired) electrons. The highest BCUT2D eigenvalue weighted by atomic mass is 16.5. The van der Waals surface area contributed by atoms with E-state index in [9.17, 15) is 0 Å². The monoisotopic (exact) mass is 313 g/mol. The van der Waals surface area contributed by atoms with Crippen molar-refractivity contribution in [3.8, 4) is 0 Å². The average molecular weight is 313 g/mol. The van der Waals surface area contributed by atoms with Gasteiger partial charge in [0.2, 0.25) is 5.89 Å². The molecular formula is C19H27N3O. The molecule has 0 N–H and O–H groups in total. The number of nitrogens with zero attached hydrogens (tertiary/aromatic N) is 3. The Kier molecular flexibility index (Phi) is 5.11. The molecule has 1 fully saturated rings. The van der Waals surface area contributed by atoms with Crippen LogP contribution in [0.3, 0.4) is 0 Å². The Bertz CT molecular complexity index is 637. The Hall–Kier alpha value is -1.68. The summed E-state index contributed by atoms with van der Waals surface area (Å²) in [7, 11) is 0. The van der Waals surface area contributed by atoms with Gasteiger partial charge in [-0.3, -0.25) is 4.90 Å². The summed E-state index contributed by atoms with van der Waals surface area (Å²) in [6.45, 7) is 8.52. The van der Waals surface area contributed by atoms with Crippen LogP contribution >= 0.6 is 0 Å². The van der Waals surface area contributed by atoms with Gasteiger partial charge in [0.15, 0.2) is 5.82 Å². The van der Waals surface area contributed by atoms with Crippen molar-refractivity contribution in [1.29, 1.82) is 0 Å². The Morgan fingerprint density at radius 3 is 2.91 bits per heavy atom. The lowest BCUT2D eigenvalue weighted by Gasteiger charge is -2.18. The largest absolute Gasteiger partial charge is 0.338 e. The van der Waals surface area contributed by atoms with Crippen LogP contribution < -0.4 is 0 Å². The second kappa shape index (κ2) is 7.26. The third-order valence-electron chi connectivity index (χ3n) is 4.93. The van der Waals surface area contributed by atoms with Gasteiger partial charge in [0.25, 0.3) is 0 Å². The fourth-order valence-corrected chi connectivity index (χ4v) is 3.55. The van der Waals surface area contributed by atoms with Gasteiger partial charge in [-0.1, -0.05) is 42.8 Å². The lowest BCUT2D eigenvalue weighted by atomic mass is 9.93. The van der Waals surface area contributed by atoms with Crippen LogP contribution in [0.4, 0.5) is 0 Å². The van der Waals surface area contributed by atoms with Crippen LogP contribution in [0.5, 0.6) is 0 Å². The van der Waals surface area contributed by atoms with Gasteiger partial charge in [-0.2, -0.15) is 4.98 Å². The summed E-state index contributed by atoms with van der Waals surface area (Å²) in [6.07, 6.45) is 4.39. The standard InChI is InChI=1S/C19H27N3O/c1-4-5-10-18-20-19(23-21-18)13-22-12-16(11-15(22)3)17-9-7-6-8-14(17)2/h6-9,15-16H,4-5,10-13H2,1-3H3/t15-,16-/m1/s1. The van der Waals surface area contributed by atoms with Crippen molar-refractivity contribution in [2.75, 3.05) is 6.54 Å². The molecule has 0 spiro atoms. The minimum Gasteiger partial charge on any atom is -0.338 e. The van der Waals surface area contributed by atoms with E-state index in [1.807, 2.05) is 0 Å². The lowest BCUT2D eigenvalue weighted by Crippen LogP contribution is -2.26. The summed E-state index contributed by atoms with van der Waals surface area (Å²) in [5.41, 5.74) is 2.88. The van der Waals surface area contributed by atoms with Gasteiger partial charge in [0, 0.05) is 19.0 Å². The van der Waals surface area contributed by atoms with Gasteiger partial charge < -0.3 is 4.52 Å². The topological polar surface area (TPSA) is 42.2 Å². The molecule has 124 valence electrons. The average Bonchev–Trinajstić information content (AvgIpc) is 3.13. The Morgan fingerprint density at radius 1 is 1.30 bits per heavy atom. The molecule has 0 unspecified atom stereocenters. The van der Waals surface area contributed by atoms with Gasteiger partial charge in [-0.25, -0.2) is 0 Å². The minimum absolute atomic E-state index is 0.547. The fraction of sp³-hybridized carbons (Fsp3) is 0.579. The first kappa shape index (κ1) is 16.2. The van der Waals surface area contributed by atoms with Crippen molar-refractivity contribution >= 4 is 0 Å². The SMILES string of the molecule is CCCCc1noc(CN2C[C@H](c3ccccc3C)C[C@H]2C)n1. The normalized spacial score (nSPS) is 21.9. The van der Waals surface area contributed by atoms with Crippen molar-refractivity contribution < 1.29 is 4.52 Å². The lowest BCUT2D eigenvalue weighted by molar-refractivity contribution is 0.220. The molecule has 0 saturated carbocycles. The summed E-state index contributed by atoms with van der Waals surface area (Å²) in [6, 6.07) is 9.29. The second-order valence-corrected chi connectivity index (χ2v) is 6.78. The minimum atomic E-state index is 0.547. The molecule has 2 atom stereocenters. The molecular weight excluding hydrogens is 286 g/mol. The highest BCUT2D eigenvalue weighted by Gasteiger charge is 2.31. The summed E-state index contributed by atoms with van der Waals surface area (Å²) < 4.78 is 5.43. The maximum Gasteiger partial charge on any atom is 0.240 e. The van der Waals surface area contributed by atoms with E-state index in [1.165, 1.54) is 17.5 Å². The van der Waals surface area contributed by atoms with Crippen LogP contribution in [0, 0.1) is 6.92 Å². The molecule has 4 nitrogen and oxygen atoms in total. The second-order valence-electron chi connectivity index (χ2n) is 6.78. The quantitative estimate of drug-likeness (QED) is 0.805. The molecule has 0 bridgehead atoms. The molecule has 4 heteroatoms. The number of aryl methyl sites for hydroxylation is 2. The summed E-state index contributed by atoms with van der Waals surface area (Å²) in [5.74, 6) is 2.21. The van der Waals surface area contributed by atoms with E-state index in [1.54, 1.807) is 0 Å². The predicted octanol–water partition coefficient (Wildman–Crippen LogP) is 4.10. The molecule has 3 rings (SSSR count). The van der Waals surface area contributed by atoms with E-state index < -0.39 is 0 Å². The molecule has 0 amide bonds.